The molecule has 0 saturated carbocycles. The molecular weight excluding hydrogens is 176 g/mol. The summed E-state index contributed by atoms with van der Waals surface area (Å²) in [6.45, 7) is 3.29. The fourth-order valence-electron chi connectivity index (χ4n) is 1.22. The van der Waals surface area contributed by atoms with Crippen molar-refractivity contribution in [1.82, 2.24) is 14.4 Å². The Morgan fingerprint density at radius 1 is 1.42 bits per heavy atom. The molecule has 12 heavy (non-hydrogen) atoms. The Bertz CT molecular complexity index is 258. The van der Waals surface area contributed by atoms with Crippen LogP contribution in [0.25, 0.3) is 0 Å². The largest absolute Gasteiger partial charge is 0.378 e. The molecule has 0 unspecified atom stereocenters. The minimum atomic E-state index is 0.763. The van der Waals surface area contributed by atoms with Crippen molar-refractivity contribution in [3.63, 3.8) is 0 Å². The average molecular weight is 186 g/mol. The predicted molar refractivity (Wildman–Crippen MR) is 47.4 cm³/mol. The van der Waals surface area contributed by atoms with Gasteiger partial charge in [0.05, 0.1) is 19.4 Å². The van der Waals surface area contributed by atoms with Gasteiger partial charge in [-0.3, -0.25) is 0 Å². The summed E-state index contributed by atoms with van der Waals surface area (Å²) in [5.74, 6) is 0.932. The molecular formula is C6H10N4OS. The highest BCUT2D eigenvalue weighted by atomic mass is 32.1. The minimum absolute atomic E-state index is 0.763. The molecule has 2 rings (SSSR count). The van der Waals surface area contributed by atoms with Gasteiger partial charge in [-0.1, -0.05) is 5.21 Å². The second-order valence-electron chi connectivity index (χ2n) is 2.58. The molecule has 1 saturated heterocycles. The van der Waals surface area contributed by atoms with Crippen LogP contribution in [0.2, 0.25) is 0 Å². The van der Waals surface area contributed by atoms with Crippen LogP contribution in [0, 0.1) is 0 Å². The van der Waals surface area contributed by atoms with E-state index in [9.17, 15) is 0 Å². The zero-order chi connectivity index (χ0) is 8.39. The lowest BCUT2D eigenvalue weighted by atomic mass is 10.4. The normalized spacial score (nSPS) is 18.2. The number of aromatic nitrogens is 3. The number of thiol groups is 1. The first-order valence-corrected chi connectivity index (χ1v) is 4.20. The van der Waals surface area contributed by atoms with Crippen LogP contribution in [0.5, 0.6) is 0 Å². The van der Waals surface area contributed by atoms with E-state index in [-0.39, 0.29) is 0 Å². The average Bonchev–Trinajstić information content (AvgIpc) is 2.53. The molecule has 1 aliphatic heterocycles. The molecule has 0 N–H and O–H groups in total. The lowest BCUT2D eigenvalue weighted by Gasteiger charge is -2.27. The summed E-state index contributed by atoms with van der Waals surface area (Å²) in [7, 11) is 0. The molecule has 0 aliphatic carbocycles. The first-order valence-electron chi connectivity index (χ1n) is 3.80. The molecule has 6 heteroatoms. The predicted octanol–water partition coefficient (Wildman–Crippen LogP) is -0.192. The third-order valence-electron chi connectivity index (χ3n) is 1.85. The number of anilines is 1. The smallest absolute Gasteiger partial charge is 0.159 e. The molecule has 0 atom stereocenters. The van der Waals surface area contributed by atoms with E-state index in [1.165, 1.54) is 4.09 Å². The van der Waals surface area contributed by atoms with E-state index in [2.05, 4.69) is 28.0 Å². The summed E-state index contributed by atoms with van der Waals surface area (Å²) in [5, 5.41) is 7.49. The van der Waals surface area contributed by atoms with Crippen molar-refractivity contribution in [2.45, 2.75) is 0 Å². The summed E-state index contributed by atoms with van der Waals surface area (Å²) in [5.41, 5.74) is 0. The number of morpholine rings is 1. The van der Waals surface area contributed by atoms with Crippen LogP contribution in [-0.2, 0) is 4.74 Å². The van der Waals surface area contributed by atoms with Crippen LogP contribution in [0.4, 0.5) is 5.82 Å². The van der Waals surface area contributed by atoms with Gasteiger partial charge >= 0.3 is 0 Å². The number of hydrogen-bond acceptors (Lipinski definition) is 5. The summed E-state index contributed by atoms with van der Waals surface area (Å²) in [4.78, 5) is 2.15. The fourth-order valence-corrected chi connectivity index (χ4v) is 1.45. The van der Waals surface area contributed by atoms with Crippen LogP contribution in [0.15, 0.2) is 6.20 Å². The Morgan fingerprint density at radius 2 is 2.17 bits per heavy atom. The number of rotatable bonds is 1. The van der Waals surface area contributed by atoms with Crippen LogP contribution in [0.3, 0.4) is 0 Å². The molecule has 1 fully saturated rings. The third-order valence-corrected chi connectivity index (χ3v) is 2.13. The van der Waals surface area contributed by atoms with E-state index in [0.29, 0.717) is 0 Å². The quantitative estimate of drug-likeness (QED) is 0.617. The Kier molecular flexibility index (Phi) is 2.18. The van der Waals surface area contributed by atoms with Gasteiger partial charge in [0.25, 0.3) is 0 Å². The van der Waals surface area contributed by atoms with Gasteiger partial charge in [0, 0.05) is 13.1 Å². The highest BCUT2D eigenvalue weighted by Crippen LogP contribution is 2.13. The van der Waals surface area contributed by atoms with E-state index in [1.54, 1.807) is 6.20 Å². The van der Waals surface area contributed by atoms with Gasteiger partial charge < -0.3 is 9.64 Å². The summed E-state index contributed by atoms with van der Waals surface area (Å²) >= 11 is 4.12. The highest BCUT2D eigenvalue weighted by Gasteiger charge is 2.14. The second-order valence-corrected chi connectivity index (χ2v) is 2.96. The molecule has 0 spiro atoms. The molecule has 2 heterocycles. The molecule has 66 valence electrons. The maximum absolute atomic E-state index is 5.22. The van der Waals surface area contributed by atoms with E-state index >= 15 is 0 Å². The minimum Gasteiger partial charge on any atom is -0.378 e. The van der Waals surface area contributed by atoms with Gasteiger partial charge in [0.1, 0.15) is 0 Å². The van der Waals surface area contributed by atoms with Crippen LogP contribution in [0.1, 0.15) is 0 Å². The molecule has 1 aromatic rings. The SMILES string of the molecule is Sn1nncc1N1CCOCC1. The highest BCUT2D eigenvalue weighted by molar-refractivity contribution is 7.78. The van der Waals surface area contributed by atoms with E-state index < -0.39 is 0 Å². The van der Waals surface area contributed by atoms with Crippen molar-refractivity contribution in [3.8, 4) is 0 Å². The van der Waals surface area contributed by atoms with Crippen molar-refractivity contribution in [3.05, 3.63) is 6.20 Å². The van der Waals surface area contributed by atoms with Crippen molar-refractivity contribution >= 4 is 18.6 Å². The molecule has 0 amide bonds. The molecule has 1 aliphatic rings. The number of ether oxygens (including phenoxy) is 1. The summed E-state index contributed by atoms with van der Waals surface area (Å²) < 4.78 is 6.70. The van der Waals surface area contributed by atoms with Gasteiger partial charge in [-0.05, 0) is 12.8 Å². The van der Waals surface area contributed by atoms with E-state index in [1.807, 2.05) is 0 Å². The van der Waals surface area contributed by atoms with Crippen molar-refractivity contribution < 1.29 is 4.74 Å². The first kappa shape index (κ1) is 7.88. The summed E-state index contributed by atoms with van der Waals surface area (Å²) in [6, 6.07) is 0. The summed E-state index contributed by atoms with van der Waals surface area (Å²) in [6.07, 6.45) is 1.71. The van der Waals surface area contributed by atoms with Gasteiger partial charge in [-0.25, -0.2) is 0 Å². The van der Waals surface area contributed by atoms with Crippen LogP contribution in [-0.4, -0.2) is 40.7 Å². The molecule has 0 radical (unpaired) electrons. The zero-order valence-electron chi connectivity index (χ0n) is 6.55. The maximum atomic E-state index is 5.22. The Balaban J connectivity index is 2.13. The maximum Gasteiger partial charge on any atom is 0.159 e. The standard InChI is InChI=1S/C6H10N4OS/c12-10-6(5-7-8-10)9-1-3-11-4-2-9/h5,12H,1-4H2. The van der Waals surface area contributed by atoms with Gasteiger partial charge in [0.2, 0.25) is 0 Å². The van der Waals surface area contributed by atoms with Crippen LogP contribution >= 0.6 is 12.8 Å². The molecule has 0 bridgehead atoms. The molecule has 1 aromatic heterocycles. The monoisotopic (exact) mass is 186 g/mol. The fraction of sp³-hybridized carbons (Fsp3) is 0.667. The Morgan fingerprint density at radius 3 is 2.75 bits per heavy atom. The topological polar surface area (TPSA) is 43.2 Å². The van der Waals surface area contributed by atoms with Gasteiger partial charge in [-0.2, -0.15) is 4.09 Å². The number of nitrogens with zero attached hydrogens (tertiary/aromatic N) is 4. The lowest BCUT2D eigenvalue weighted by Crippen LogP contribution is -2.37. The van der Waals surface area contributed by atoms with Gasteiger partial charge in [0.15, 0.2) is 5.82 Å². The Hall–Kier alpha value is -0.750. The molecule has 5 nitrogen and oxygen atoms in total. The first-order chi connectivity index (χ1) is 5.88. The van der Waals surface area contributed by atoms with Crippen molar-refractivity contribution in [2.24, 2.45) is 0 Å². The van der Waals surface area contributed by atoms with Gasteiger partial charge in [-0.15, -0.1) is 5.10 Å². The Labute approximate surface area is 75.8 Å². The van der Waals surface area contributed by atoms with Crippen LogP contribution < -0.4 is 4.90 Å². The van der Waals surface area contributed by atoms with Crippen molar-refractivity contribution in [2.75, 3.05) is 31.2 Å². The zero-order valence-corrected chi connectivity index (χ0v) is 7.44. The van der Waals surface area contributed by atoms with E-state index in [4.69, 9.17) is 4.74 Å². The third kappa shape index (κ3) is 1.39. The lowest BCUT2D eigenvalue weighted by molar-refractivity contribution is 0.122. The van der Waals surface area contributed by atoms with Crippen molar-refractivity contribution in [1.29, 1.82) is 0 Å². The molecule has 0 aromatic carbocycles. The number of hydrogen-bond donors (Lipinski definition) is 1. The second kappa shape index (κ2) is 3.32. The van der Waals surface area contributed by atoms with E-state index in [0.717, 1.165) is 32.1 Å².